The maximum Gasteiger partial charge on any atom is 0.307 e. The molecule has 0 heterocycles. The number of aryl methyl sites for hydroxylation is 1. The number of aliphatic carboxylic acids is 1. The van der Waals surface area contributed by atoms with Crippen LogP contribution in [-0.2, 0) is 11.2 Å². The Kier molecular flexibility index (Phi) is 4.15. The van der Waals surface area contributed by atoms with Gasteiger partial charge in [-0.05, 0) is 30.7 Å². The summed E-state index contributed by atoms with van der Waals surface area (Å²) in [5.41, 5.74) is 2.73. The second-order valence-electron chi connectivity index (χ2n) is 4.55. The van der Waals surface area contributed by atoms with Crippen molar-refractivity contribution in [2.24, 2.45) is 0 Å². The van der Waals surface area contributed by atoms with E-state index in [0.717, 1.165) is 5.56 Å². The average molecular weight is 269 g/mol. The van der Waals surface area contributed by atoms with Crippen LogP contribution in [0.3, 0.4) is 0 Å². The zero-order chi connectivity index (χ0) is 14.5. The first kappa shape index (κ1) is 13.8. The van der Waals surface area contributed by atoms with Gasteiger partial charge in [0.25, 0.3) is 5.91 Å². The van der Waals surface area contributed by atoms with Crippen molar-refractivity contribution in [1.82, 2.24) is 0 Å². The molecule has 0 aliphatic heterocycles. The molecule has 0 saturated heterocycles. The van der Waals surface area contributed by atoms with Gasteiger partial charge in [0.1, 0.15) is 0 Å². The van der Waals surface area contributed by atoms with Crippen LogP contribution >= 0.6 is 0 Å². The zero-order valence-corrected chi connectivity index (χ0v) is 11.1. The molecule has 2 aromatic carbocycles. The second-order valence-corrected chi connectivity index (χ2v) is 4.55. The fourth-order valence-electron chi connectivity index (χ4n) is 1.86. The minimum atomic E-state index is -0.929. The summed E-state index contributed by atoms with van der Waals surface area (Å²) in [6, 6.07) is 14.1. The molecule has 1 amide bonds. The molecule has 2 N–H and O–H groups in total. The molecule has 0 aromatic heterocycles. The molecule has 0 atom stereocenters. The molecule has 0 saturated carbocycles. The fourth-order valence-corrected chi connectivity index (χ4v) is 1.86. The lowest BCUT2D eigenvalue weighted by Gasteiger charge is -2.09. The van der Waals surface area contributed by atoms with E-state index in [4.69, 9.17) is 5.11 Å². The third kappa shape index (κ3) is 3.45. The summed E-state index contributed by atoms with van der Waals surface area (Å²) in [4.78, 5) is 22.9. The van der Waals surface area contributed by atoms with Crippen molar-refractivity contribution < 1.29 is 14.7 Å². The molecule has 2 aromatic rings. The van der Waals surface area contributed by atoms with Crippen LogP contribution in [0.25, 0.3) is 0 Å². The van der Waals surface area contributed by atoms with E-state index in [2.05, 4.69) is 5.32 Å². The Morgan fingerprint density at radius 3 is 2.35 bits per heavy atom. The lowest BCUT2D eigenvalue weighted by atomic mass is 10.1. The van der Waals surface area contributed by atoms with Crippen LogP contribution in [0.15, 0.2) is 48.5 Å². The Morgan fingerprint density at radius 2 is 1.70 bits per heavy atom. The van der Waals surface area contributed by atoms with Gasteiger partial charge in [0, 0.05) is 11.3 Å². The minimum absolute atomic E-state index is 0.121. The van der Waals surface area contributed by atoms with Crippen LogP contribution in [0.4, 0.5) is 5.69 Å². The largest absolute Gasteiger partial charge is 0.481 e. The molecule has 4 nitrogen and oxygen atoms in total. The summed E-state index contributed by atoms with van der Waals surface area (Å²) >= 11 is 0. The van der Waals surface area contributed by atoms with Crippen molar-refractivity contribution in [3.8, 4) is 0 Å². The molecule has 0 bridgehead atoms. The van der Waals surface area contributed by atoms with Gasteiger partial charge in [0.05, 0.1) is 6.42 Å². The molecule has 2 rings (SSSR count). The van der Waals surface area contributed by atoms with Gasteiger partial charge in [-0.25, -0.2) is 0 Å². The summed E-state index contributed by atoms with van der Waals surface area (Å²) in [5, 5.41) is 11.6. The molecule has 0 fully saturated rings. The maximum absolute atomic E-state index is 12.1. The summed E-state index contributed by atoms with van der Waals surface area (Å²) < 4.78 is 0. The highest BCUT2D eigenvalue weighted by molar-refractivity contribution is 6.04. The molecule has 0 aliphatic rings. The topological polar surface area (TPSA) is 66.4 Å². The van der Waals surface area contributed by atoms with Crippen LogP contribution in [0.5, 0.6) is 0 Å². The van der Waals surface area contributed by atoms with Gasteiger partial charge in [-0.1, -0.05) is 35.9 Å². The van der Waals surface area contributed by atoms with Gasteiger partial charge in [0.15, 0.2) is 0 Å². The number of rotatable bonds is 4. The third-order valence-electron chi connectivity index (χ3n) is 2.92. The van der Waals surface area contributed by atoms with Crippen LogP contribution < -0.4 is 5.32 Å². The van der Waals surface area contributed by atoms with Crippen molar-refractivity contribution in [2.75, 3.05) is 5.32 Å². The van der Waals surface area contributed by atoms with E-state index in [-0.39, 0.29) is 12.3 Å². The predicted octanol–water partition coefficient (Wildman–Crippen LogP) is 2.87. The van der Waals surface area contributed by atoms with Crippen molar-refractivity contribution >= 4 is 17.6 Å². The molecular formula is C16H15NO3. The van der Waals surface area contributed by atoms with Gasteiger partial charge in [-0.3, -0.25) is 9.59 Å². The molecule has 102 valence electrons. The van der Waals surface area contributed by atoms with E-state index < -0.39 is 5.97 Å². The number of para-hydroxylation sites is 1. The van der Waals surface area contributed by atoms with Crippen LogP contribution in [0.1, 0.15) is 21.5 Å². The number of carbonyl (C=O) groups excluding carboxylic acids is 1. The predicted molar refractivity (Wildman–Crippen MR) is 76.9 cm³/mol. The highest BCUT2D eigenvalue weighted by atomic mass is 16.4. The monoisotopic (exact) mass is 269 g/mol. The van der Waals surface area contributed by atoms with Gasteiger partial charge < -0.3 is 10.4 Å². The van der Waals surface area contributed by atoms with Crippen molar-refractivity contribution in [3.63, 3.8) is 0 Å². The Bertz CT molecular complexity index is 632. The lowest BCUT2D eigenvalue weighted by molar-refractivity contribution is -0.136. The smallest absolute Gasteiger partial charge is 0.307 e. The Labute approximate surface area is 117 Å². The second kappa shape index (κ2) is 6.02. The summed E-state index contributed by atoms with van der Waals surface area (Å²) in [6.07, 6.45) is -0.121. The van der Waals surface area contributed by atoms with Crippen molar-refractivity contribution in [3.05, 3.63) is 65.2 Å². The quantitative estimate of drug-likeness (QED) is 0.896. The van der Waals surface area contributed by atoms with E-state index >= 15 is 0 Å². The zero-order valence-electron chi connectivity index (χ0n) is 11.1. The minimum Gasteiger partial charge on any atom is -0.481 e. The number of hydrogen-bond donors (Lipinski definition) is 2. The molecule has 0 aliphatic carbocycles. The number of amides is 1. The number of benzene rings is 2. The molecule has 0 radical (unpaired) electrons. The standard InChI is InChI=1S/C16H15NO3/c1-11-6-8-12(9-7-11)16(20)17-14-5-3-2-4-13(14)10-15(18)19/h2-9H,10H2,1H3,(H,17,20)(H,18,19). The van der Waals surface area contributed by atoms with E-state index in [0.29, 0.717) is 16.8 Å². The number of nitrogens with one attached hydrogen (secondary N) is 1. The van der Waals surface area contributed by atoms with E-state index in [9.17, 15) is 9.59 Å². The van der Waals surface area contributed by atoms with E-state index in [1.807, 2.05) is 19.1 Å². The molecule has 20 heavy (non-hydrogen) atoms. The van der Waals surface area contributed by atoms with Crippen LogP contribution in [0, 0.1) is 6.92 Å². The summed E-state index contributed by atoms with van der Waals surface area (Å²) in [6.45, 7) is 1.95. The molecule has 4 heteroatoms. The van der Waals surface area contributed by atoms with Crippen molar-refractivity contribution in [2.45, 2.75) is 13.3 Å². The van der Waals surface area contributed by atoms with Crippen molar-refractivity contribution in [1.29, 1.82) is 0 Å². The first-order chi connectivity index (χ1) is 9.56. The number of carboxylic acid groups (broad SMARTS) is 1. The average Bonchev–Trinajstić information content (AvgIpc) is 2.41. The highest BCUT2D eigenvalue weighted by Crippen LogP contribution is 2.17. The molecule has 0 spiro atoms. The van der Waals surface area contributed by atoms with Gasteiger partial charge in [-0.2, -0.15) is 0 Å². The number of hydrogen-bond acceptors (Lipinski definition) is 2. The van der Waals surface area contributed by atoms with Crippen LogP contribution in [0.2, 0.25) is 0 Å². The SMILES string of the molecule is Cc1ccc(C(=O)Nc2ccccc2CC(=O)O)cc1. The highest BCUT2D eigenvalue weighted by Gasteiger charge is 2.10. The van der Waals surface area contributed by atoms with Crippen LogP contribution in [-0.4, -0.2) is 17.0 Å². The lowest BCUT2D eigenvalue weighted by Crippen LogP contribution is -2.14. The Balaban J connectivity index is 2.19. The first-order valence-electron chi connectivity index (χ1n) is 6.24. The molecular weight excluding hydrogens is 254 g/mol. The summed E-state index contributed by atoms with van der Waals surface area (Å²) in [5.74, 6) is -1.18. The van der Waals surface area contributed by atoms with Gasteiger partial charge in [-0.15, -0.1) is 0 Å². The number of anilines is 1. The summed E-state index contributed by atoms with van der Waals surface area (Å²) in [7, 11) is 0. The number of carbonyl (C=O) groups is 2. The molecule has 0 unspecified atom stereocenters. The number of carboxylic acids is 1. The van der Waals surface area contributed by atoms with E-state index in [1.54, 1.807) is 36.4 Å². The maximum atomic E-state index is 12.1. The van der Waals surface area contributed by atoms with Gasteiger partial charge in [0.2, 0.25) is 0 Å². The Hall–Kier alpha value is -2.62. The first-order valence-corrected chi connectivity index (χ1v) is 6.24. The van der Waals surface area contributed by atoms with Gasteiger partial charge >= 0.3 is 5.97 Å². The van der Waals surface area contributed by atoms with E-state index in [1.165, 1.54) is 0 Å². The Morgan fingerprint density at radius 1 is 1.05 bits per heavy atom. The third-order valence-corrected chi connectivity index (χ3v) is 2.92. The normalized spacial score (nSPS) is 10.1. The fraction of sp³-hybridized carbons (Fsp3) is 0.125.